The first-order chi connectivity index (χ1) is 11.2. The lowest BCUT2D eigenvalue weighted by Crippen LogP contribution is -2.24. The highest BCUT2D eigenvalue weighted by Crippen LogP contribution is 2.59. The standard InChI is InChI=1S/C24H24/c1-13-10-17-21-18(11-13)24(5,6)19-12-14(2)15-8-7-9-16(23(17,3)4)20(15)22(19)21/h7-12H,1-6H3. The Morgan fingerprint density at radius 2 is 1.25 bits per heavy atom. The zero-order valence-electron chi connectivity index (χ0n) is 15.5. The van der Waals surface area contributed by atoms with Crippen LogP contribution in [0.4, 0.5) is 0 Å². The third kappa shape index (κ3) is 1.38. The van der Waals surface area contributed by atoms with Crippen molar-refractivity contribution in [1.29, 1.82) is 0 Å². The average molecular weight is 312 g/mol. The van der Waals surface area contributed by atoms with Gasteiger partial charge in [-0.05, 0) is 63.6 Å². The van der Waals surface area contributed by atoms with Gasteiger partial charge in [0.25, 0.3) is 0 Å². The highest BCUT2D eigenvalue weighted by molar-refractivity contribution is 6.09. The molecule has 5 rings (SSSR count). The minimum Gasteiger partial charge on any atom is -0.0613 e. The third-order valence-electron chi connectivity index (χ3n) is 6.60. The maximum Gasteiger partial charge on any atom is 0.0159 e. The Balaban J connectivity index is 2.16. The molecule has 0 saturated heterocycles. The molecule has 2 aliphatic carbocycles. The zero-order valence-corrected chi connectivity index (χ0v) is 15.5. The Morgan fingerprint density at radius 3 is 1.92 bits per heavy atom. The minimum atomic E-state index is 0.0497. The van der Waals surface area contributed by atoms with Crippen LogP contribution in [-0.4, -0.2) is 0 Å². The second kappa shape index (κ2) is 3.94. The van der Waals surface area contributed by atoms with E-state index in [2.05, 4.69) is 77.9 Å². The zero-order chi connectivity index (χ0) is 17.0. The fourth-order valence-corrected chi connectivity index (χ4v) is 5.26. The van der Waals surface area contributed by atoms with Gasteiger partial charge in [0, 0.05) is 10.8 Å². The van der Waals surface area contributed by atoms with Crippen molar-refractivity contribution in [3.8, 4) is 11.1 Å². The van der Waals surface area contributed by atoms with Crippen molar-refractivity contribution in [2.24, 2.45) is 0 Å². The van der Waals surface area contributed by atoms with Gasteiger partial charge >= 0.3 is 0 Å². The number of rotatable bonds is 0. The molecular formula is C24H24. The Labute approximate surface area is 144 Å². The van der Waals surface area contributed by atoms with E-state index in [4.69, 9.17) is 0 Å². The van der Waals surface area contributed by atoms with Crippen LogP contribution in [0, 0.1) is 13.8 Å². The van der Waals surface area contributed by atoms with Crippen LogP contribution >= 0.6 is 0 Å². The predicted octanol–water partition coefficient (Wildman–Crippen LogP) is 6.40. The summed E-state index contributed by atoms with van der Waals surface area (Å²) in [6.45, 7) is 14.1. The summed E-state index contributed by atoms with van der Waals surface area (Å²) < 4.78 is 0. The first kappa shape index (κ1) is 14.3. The molecule has 0 unspecified atom stereocenters. The van der Waals surface area contributed by atoms with Gasteiger partial charge < -0.3 is 0 Å². The minimum absolute atomic E-state index is 0.0497. The van der Waals surface area contributed by atoms with Crippen LogP contribution in [0.1, 0.15) is 61.1 Å². The topological polar surface area (TPSA) is 0 Å². The van der Waals surface area contributed by atoms with Crippen LogP contribution in [0.3, 0.4) is 0 Å². The van der Waals surface area contributed by atoms with Gasteiger partial charge in [0.2, 0.25) is 0 Å². The smallest absolute Gasteiger partial charge is 0.0159 e. The van der Waals surface area contributed by atoms with E-state index in [1.165, 1.54) is 55.3 Å². The van der Waals surface area contributed by atoms with E-state index < -0.39 is 0 Å². The third-order valence-corrected chi connectivity index (χ3v) is 6.60. The fraction of sp³-hybridized carbons (Fsp3) is 0.333. The summed E-state index contributed by atoms with van der Waals surface area (Å²) in [4.78, 5) is 0. The molecule has 0 radical (unpaired) electrons. The van der Waals surface area contributed by atoms with Crippen LogP contribution in [0.15, 0.2) is 36.4 Å². The molecule has 0 atom stereocenters. The number of benzene rings is 3. The van der Waals surface area contributed by atoms with Crippen LogP contribution in [0.2, 0.25) is 0 Å². The van der Waals surface area contributed by atoms with Crippen molar-refractivity contribution < 1.29 is 0 Å². The summed E-state index contributed by atoms with van der Waals surface area (Å²) in [6.07, 6.45) is 0. The highest BCUT2D eigenvalue weighted by Gasteiger charge is 2.44. The van der Waals surface area contributed by atoms with Gasteiger partial charge in [0.05, 0.1) is 0 Å². The van der Waals surface area contributed by atoms with E-state index in [9.17, 15) is 0 Å². The van der Waals surface area contributed by atoms with E-state index in [1.54, 1.807) is 0 Å². The van der Waals surface area contributed by atoms with Gasteiger partial charge in [-0.15, -0.1) is 0 Å². The van der Waals surface area contributed by atoms with Crippen molar-refractivity contribution in [2.75, 3.05) is 0 Å². The fourth-order valence-electron chi connectivity index (χ4n) is 5.26. The van der Waals surface area contributed by atoms with E-state index in [0.717, 1.165) is 0 Å². The summed E-state index contributed by atoms with van der Waals surface area (Å²) in [5, 5.41) is 2.93. The van der Waals surface area contributed by atoms with E-state index >= 15 is 0 Å². The van der Waals surface area contributed by atoms with Crippen molar-refractivity contribution in [1.82, 2.24) is 0 Å². The summed E-state index contributed by atoms with van der Waals surface area (Å²) in [6, 6.07) is 14.2. The molecule has 0 aliphatic heterocycles. The maximum atomic E-state index is 2.44. The Morgan fingerprint density at radius 1 is 0.667 bits per heavy atom. The van der Waals surface area contributed by atoms with Crippen LogP contribution < -0.4 is 0 Å². The van der Waals surface area contributed by atoms with Gasteiger partial charge in [-0.25, -0.2) is 0 Å². The molecule has 0 amide bonds. The Kier molecular flexibility index (Phi) is 2.34. The molecule has 0 heterocycles. The quantitative estimate of drug-likeness (QED) is 0.450. The normalized spacial score (nSPS) is 18.2. The molecule has 0 N–H and O–H groups in total. The predicted molar refractivity (Wildman–Crippen MR) is 103 cm³/mol. The molecule has 0 fully saturated rings. The lowest BCUT2D eigenvalue weighted by molar-refractivity contribution is 0.638. The molecule has 0 nitrogen and oxygen atoms in total. The number of aryl methyl sites for hydroxylation is 2. The molecule has 0 saturated carbocycles. The summed E-state index contributed by atoms with van der Waals surface area (Å²) >= 11 is 0. The molecule has 3 aromatic carbocycles. The molecule has 0 heteroatoms. The van der Waals surface area contributed by atoms with Crippen molar-refractivity contribution in [3.05, 3.63) is 69.8 Å². The van der Waals surface area contributed by atoms with Crippen molar-refractivity contribution in [2.45, 2.75) is 52.4 Å². The number of hydrogen-bond donors (Lipinski definition) is 0. The van der Waals surface area contributed by atoms with Crippen LogP contribution in [0.25, 0.3) is 21.9 Å². The van der Waals surface area contributed by atoms with Crippen LogP contribution in [-0.2, 0) is 10.8 Å². The molecule has 0 spiro atoms. The SMILES string of the molecule is Cc1cc2c3c(c1)C(C)(C)c1cccc4c(C)cc(c-3c14)C2(C)C. The summed E-state index contributed by atoms with van der Waals surface area (Å²) in [5.74, 6) is 0. The monoisotopic (exact) mass is 312 g/mol. The maximum absolute atomic E-state index is 2.44. The average Bonchev–Trinajstić information content (AvgIpc) is 2.74. The molecule has 120 valence electrons. The lowest BCUT2D eigenvalue weighted by atomic mass is 9.68. The molecule has 2 aliphatic rings. The first-order valence-corrected chi connectivity index (χ1v) is 8.98. The van der Waals surface area contributed by atoms with Crippen molar-refractivity contribution >= 4 is 10.8 Å². The molecule has 3 aromatic rings. The van der Waals surface area contributed by atoms with E-state index in [-0.39, 0.29) is 10.8 Å². The van der Waals surface area contributed by atoms with Crippen LogP contribution in [0.5, 0.6) is 0 Å². The van der Waals surface area contributed by atoms with Gasteiger partial charge in [0.15, 0.2) is 0 Å². The van der Waals surface area contributed by atoms with Gasteiger partial charge in [0.1, 0.15) is 0 Å². The summed E-state index contributed by atoms with van der Waals surface area (Å²) in [5.41, 5.74) is 12.0. The second-order valence-corrected chi connectivity index (χ2v) is 8.83. The molecule has 24 heavy (non-hydrogen) atoms. The van der Waals surface area contributed by atoms with E-state index in [0.29, 0.717) is 0 Å². The Bertz CT molecular complexity index is 1060. The highest BCUT2D eigenvalue weighted by atomic mass is 14.5. The van der Waals surface area contributed by atoms with Crippen molar-refractivity contribution in [3.63, 3.8) is 0 Å². The van der Waals surface area contributed by atoms with E-state index in [1.807, 2.05) is 0 Å². The van der Waals surface area contributed by atoms with Gasteiger partial charge in [-0.1, -0.05) is 69.7 Å². The second-order valence-electron chi connectivity index (χ2n) is 8.83. The number of hydrogen-bond acceptors (Lipinski definition) is 0. The first-order valence-electron chi connectivity index (χ1n) is 8.98. The Hall–Kier alpha value is -2.08. The molecular weight excluding hydrogens is 288 g/mol. The summed E-state index contributed by atoms with van der Waals surface area (Å²) in [7, 11) is 0. The molecule has 0 bridgehead atoms. The largest absolute Gasteiger partial charge is 0.0613 e. The molecule has 0 aromatic heterocycles. The van der Waals surface area contributed by atoms with Gasteiger partial charge in [-0.2, -0.15) is 0 Å². The van der Waals surface area contributed by atoms with Gasteiger partial charge in [-0.3, -0.25) is 0 Å². The lowest BCUT2D eigenvalue weighted by Gasteiger charge is -2.35.